The predicted octanol–water partition coefficient (Wildman–Crippen LogP) is 3.19. The minimum atomic E-state index is 0.659. The molecule has 1 N–H and O–H groups in total. The molecule has 1 atom stereocenters. The second kappa shape index (κ2) is 7.34. The van der Waals surface area contributed by atoms with Crippen molar-refractivity contribution in [2.45, 2.75) is 49.4 Å². The van der Waals surface area contributed by atoms with Crippen LogP contribution in [0.4, 0.5) is 0 Å². The average molecular weight is 271 g/mol. The number of nitrogens with zero attached hydrogens (tertiary/aromatic N) is 2. The summed E-state index contributed by atoms with van der Waals surface area (Å²) in [5.41, 5.74) is 0. The third kappa shape index (κ3) is 4.23. The van der Waals surface area contributed by atoms with Gasteiger partial charge in [0.25, 0.3) is 0 Å². The summed E-state index contributed by atoms with van der Waals surface area (Å²) in [6, 6.07) is 0.659. The summed E-state index contributed by atoms with van der Waals surface area (Å²) in [7, 11) is 0. The van der Waals surface area contributed by atoms with Gasteiger partial charge in [0.15, 0.2) is 4.34 Å². The first-order valence-electron chi connectivity index (χ1n) is 6.53. The fourth-order valence-electron chi connectivity index (χ4n) is 2.44. The molecule has 1 aliphatic carbocycles. The molecular weight excluding hydrogens is 250 g/mol. The molecule has 3 nitrogen and oxygen atoms in total. The van der Waals surface area contributed by atoms with Gasteiger partial charge in [0, 0.05) is 11.8 Å². The molecule has 5 heteroatoms. The maximum absolute atomic E-state index is 4.24. The molecule has 0 bridgehead atoms. The molecule has 1 unspecified atom stereocenters. The van der Waals surface area contributed by atoms with Gasteiger partial charge in [-0.1, -0.05) is 31.5 Å². The van der Waals surface area contributed by atoms with Crippen LogP contribution in [0.15, 0.2) is 10.7 Å². The molecule has 1 saturated carbocycles. The summed E-state index contributed by atoms with van der Waals surface area (Å²) in [6.07, 6.45) is 8.50. The Hall–Kier alpha value is -0.130. The number of rotatable bonds is 7. The molecule has 2 rings (SSSR count). The van der Waals surface area contributed by atoms with Gasteiger partial charge in [-0.3, -0.25) is 0 Å². The van der Waals surface area contributed by atoms with E-state index in [2.05, 4.69) is 21.6 Å². The zero-order valence-corrected chi connectivity index (χ0v) is 12.0. The highest BCUT2D eigenvalue weighted by Gasteiger charge is 2.24. The summed E-state index contributed by atoms with van der Waals surface area (Å²) in [5, 5.41) is 3.71. The molecule has 0 aliphatic heterocycles. The van der Waals surface area contributed by atoms with E-state index in [1.165, 1.54) is 43.6 Å². The Morgan fingerprint density at radius 3 is 3.00 bits per heavy atom. The lowest BCUT2D eigenvalue weighted by atomic mass is 10.00. The van der Waals surface area contributed by atoms with Crippen molar-refractivity contribution in [3.63, 3.8) is 0 Å². The lowest BCUT2D eigenvalue weighted by Crippen LogP contribution is -2.37. The van der Waals surface area contributed by atoms with Crippen molar-refractivity contribution in [3.05, 3.63) is 6.33 Å². The first kappa shape index (κ1) is 13.3. The summed E-state index contributed by atoms with van der Waals surface area (Å²) in [4.78, 5) is 4.24. The van der Waals surface area contributed by atoms with E-state index in [4.69, 9.17) is 0 Å². The van der Waals surface area contributed by atoms with Gasteiger partial charge in [0.05, 0.1) is 0 Å². The molecule has 0 amide bonds. The second-order valence-corrected chi connectivity index (χ2v) is 6.67. The molecule has 17 heavy (non-hydrogen) atoms. The molecule has 0 radical (unpaired) electrons. The normalized spacial score (nSPS) is 18.6. The SMILES string of the molecule is CCCNC(CSc1ncns1)C1CCCC1. The minimum absolute atomic E-state index is 0.659. The maximum atomic E-state index is 4.24. The van der Waals surface area contributed by atoms with Gasteiger partial charge in [0.1, 0.15) is 6.33 Å². The molecule has 0 spiro atoms. The van der Waals surface area contributed by atoms with E-state index in [-0.39, 0.29) is 0 Å². The van der Waals surface area contributed by atoms with E-state index in [1.807, 2.05) is 11.8 Å². The van der Waals surface area contributed by atoms with Gasteiger partial charge in [-0.05, 0) is 43.3 Å². The molecule has 0 saturated heterocycles. The van der Waals surface area contributed by atoms with Crippen molar-refractivity contribution in [2.75, 3.05) is 12.3 Å². The summed E-state index contributed by atoms with van der Waals surface area (Å²) in [5.74, 6) is 2.02. The van der Waals surface area contributed by atoms with Crippen molar-refractivity contribution in [1.82, 2.24) is 14.7 Å². The zero-order valence-electron chi connectivity index (χ0n) is 10.4. The fraction of sp³-hybridized carbons (Fsp3) is 0.833. The molecule has 0 aromatic carbocycles. The van der Waals surface area contributed by atoms with Crippen molar-refractivity contribution < 1.29 is 0 Å². The topological polar surface area (TPSA) is 37.8 Å². The maximum Gasteiger partial charge on any atom is 0.169 e. The molecule has 1 aromatic rings. The Kier molecular flexibility index (Phi) is 5.74. The standard InChI is InChI=1S/C12H21N3S2/c1-2-7-13-11(10-5-3-4-6-10)8-16-12-14-9-15-17-12/h9-11,13H,2-8H2,1H3. The Labute approximate surface area is 112 Å². The van der Waals surface area contributed by atoms with Crippen molar-refractivity contribution in [3.8, 4) is 0 Å². The van der Waals surface area contributed by atoms with Gasteiger partial charge in [0.2, 0.25) is 0 Å². The van der Waals surface area contributed by atoms with Crippen LogP contribution in [0.2, 0.25) is 0 Å². The van der Waals surface area contributed by atoms with Crippen LogP contribution in [0.3, 0.4) is 0 Å². The Balaban J connectivity index is 1.81. The van der Waals surface area contributed by atoms with Crippen molar-refractivity contribution in [2.24, 2.45) is 5.92 Å². The van der Waals surface area contributed by atoms with Crippen LogP contribution in [-0.4, -0.2) is 27.7 Å². The molecule has 1 aliphatic rings. The highest BCUT2D eigenvalue weighted by molar-refractivity contribution is 8.00. The monoisotopic (exact) mass is 271 g/mol. The van der Waals surface area contributed by atoms with Gasteiger partial charge >= 0.3 is 0 Å². The summed E-state index contributed by atoms with van der Waals surface area (Å²) >= 11 is 3.36. The quantitative estimate of drug-likeness (QED) is 0.773. The van der Waals surface area contributed by atoms with Crippen molar-refractivity contribution >= 4 is 23.3 Å². The third-order valence-corrected chi connectivity index (χ3v) is 5.27. The van der Waals surface area contributed by atoms with E-state index in [1.54, 1.807) is 6.33 Å². The number of aromatic nitrogens is 2. The van der Waals surface area contributed by atoms with E-state index < -0.39 is 0 Å². The highest BCUT2D eigenvalue weighted by Crippen LogP contribution is 2.30. The first-order chi connectivity index (χ1) is 8.40. The average Bonchev–Trinajstić information content (AvgIpc) is 3.01. The largest absolute Gasteiger partial charge is 0.313 e. The van der Waals surface area contributed by atoms with Crippen LogP contribution in [0, 0.1) is 5.92 Å². The van der Waals surface area contributed by atoms with Gasteiger partial charge in [-0.15, -0.1) is 0 Å². The van der Waals surface area contributed by atoms with E-state index in [9.17, 15) is 0 Å². The Bertz CT molecular complexity index is 297. The Morgan fingerprint density at radius 1 is 1.53 bits per heavy atom. The zero-order chi connectivity index (χ0) is 11.9. The van der Waals surface area contributed by atoms with Gasteiger partial charge in [-0.25, -0.2) is 4.98 Å². The van der Waals surface area contributed by atoms with Crippen LogP contribution in [0.25, 0.3) is 0 Å². The summed E-state index contributed by atoms with van der Waals surface area (Å²) in [6.45, 7) is 3.37. The fourth-order valence-corrected chi connectivity index (χ4v) is 4.10. The number of hydrogen-bond donors (Lipinski definition) is 1. The van der Waals surface area contributed by atoms with Crippen LogP contribution >= 0.6 is 23.3 Å². The third-order valence-electron chi connectivity index (χ3n) is 3.35. The molecule has 1 fully saturated rings. The van der Waals surface area contributed by atoms with Crippen LogP contribution < -0.4 is 5.32 Å². The van der Waals surface area contributed by atoms with E-state index in [0.717, 1.165) is 22.6 Å². The predicted molar refractivity (Wildman–Crippen MR) is 74.7 cm³/mol. The number of nitrogens with one attached hydrogen (secondary N) is 1. The highest BCUT2D eigenvalue weighted by atomic mass is 32.2. The Morgan fingerprint density at radius 2 is 2.35 bits per heavy atom. The smallest absolute Gasteiger partial charge is 0.169 e. The number of hydrogen-bond acceptors (Lipinski definition) is 5. The van der Waals surface area contributed by atoms with Crippen LogP contribution in [-0.2, 0) is 0 Å². The van der Waals surface area contributed by atoms with E-state index >= 15 is 0 Å². The van der Waals surface area contributed by atoms with Crippen LogP contribution in [0.1, 0.15) is 39.0 Å². The van der Waals surface area contributed by atoms with Gasteiger partial charge < -0.3 is 5.32 Å². The van der Waals surface area contributed by atoms with E-state index in [0.29, 0.717) is 6.04 Å². The molecular formula is C12H21N3S2. The second-order valence-electron chi connectivity index (χ2n) is 4.62. The minimum Gasteiger partial charge on any atom is -0.313 e. The molecule has 1 heterocycles. The first-order valence-corrected chi connectivity index (χ1v) is 8.29. The van der Waals surface area contributed by atoms with Crippen molar-refractivity contribution in [1.29, 1.82) is 0 Å². The lowest BCUT2D eigenvalue weighted by Gasteiger charge is -2.23. The molecule has 96 valence electrons. The number of thioether (sulfide) groups is 1. The lowest BCUT2D eigenvalue weighted by molar-refractivity contribution is 0.388. The van der Waals surface area contributed by atoms with Gasteiger partial charge in [-0.2, -0.15) is 4.37 Å². The van der Waals surface area contributed by atoms with Crippen LogP contribution in [0.5, 0.6) is 0 Å². The molecule has 1 aromatic heterocycles. The summed E-state index contributed by atoms with van der Waals surface area (Å²) < 4.78 is 5.15.